The molecule has 0 aliphatic rings. The Hall–Kier alpha value is -0.120. The molecule has 0 unspecified atom stereocenters. The second-order valence-corrected chi connectivity index (χ2v) is 5.77. The summed E-state index contributed by atoms with van der Waals surface area (Å²) in [6, 6.07) is 0. The first-order chi connectivity index (χ1) is 9.13. The quantitative estimate of drug-likeness (QED) is 0.520. The summed E-state index contributed by atoms with van der Waals surface area (Å²) in [5.41, 5.74) is 0. The average molecular weight is 271 g/mol. The summed E-state index contributed by atoms with van der Waals surface area (Å²) in [5, 5.41) is 3.52. The highest BCUT2D eigenvalue weighted by atomic mass is 15.1. The Labute approximate surface area is 121 Å². The molecule has 0 amide bonds. The summed E-state index contributed by atoms with van der Waals surface area (Å²) < 4.78 is 0. The Morgan fingerprint density at radius 1 is 0.789 bits per heavy atom. The predicted molar refractivity (Wildman–Crippen MR) is 86.8 cm³/mol. The average Bonchev–Trinajstić information content (AvgIpc) is 2.40. The third-order valence-corrected chi connectivity index (χ3v) is 3.67. The minimum absolute atomic E-state index is 0.761. The van der Waals surface area contributed by atoms with Crippen molar-refractivity contribution in [1.29, 1.82) is 0 Å². The zero-order valence-electron chi connectivity index (χ0n) is 14.0. The topological polar surface area (TPSA) is 18.5 Å². The molecule has 116 valence electrons. The SMILES string of the molecule is CCN(CC)CCCN(CC)CCCNCC(C)C. The molecule has 0 aromatic carbocycles. The molecule has 0 aromatic heterocycles. The Balaban J connectivity index is 3.54. The van der Waals surface area contributed by atoms with Gasteiger partial charge in [-0.3, -0.25) is 0 Å². The van der Waals surface area contributed by atoms with Crippen molar-refractivity contribution >= 4 is 0 Å². The van der Waals surface area contributed by atoms with E-state index in [1.54, 1.807) is 0 Å². The van der Waals surface area contributed by atoms with E-state index in [4.69, 9.17) is 0 Å². The highest BCUT2D eigenvalue weighted by molar-refractivity contribution is 4.61. The van der Waals surface area contributed by atoms with Crippen LogP contribution in [0.15, 0.2) is 0 Å². The van der Waals surface area contributed by atoms with E-state index < -0.39 is 0 Å². The highest BCUT2D eigenvalue weighted by Gasteiger charge is 2.04. The monoisotopic (exact) mass is 271 g/mol. The van der Waals surface area contributed by atoms with Crippen LogP contribution in [0.5, 0.6) is 0 Å². The number of rotatable bonds is 13. The zero-order chi connectivity index (χ0) is 14.5. The maximum absolute atomic E-state index is 3.52. The van der Waals surface area contributed by atoms with E-state index in [1.807, 2.05) is 0 Å². The summed E-state index contributed by atoms with van der Waals surface area (Å²) >= 11 is 0. The standard InChI is InChI=1S/C16H37N3/c1-6-18(7-2)13-10-14-19(8-3)12-9-11-17-15-16(4)5/h16-17H,6-15H2,1-5H3. The first-order valence-electron chi connectivity index (χ1n) is 8.29. The van der Waals surface area contributed by atoms with Crippen LogP contribution in [0.25, 0.3) is 0 Å². The normalized spacial score (nSPS) is 12.0. The van der Waals surface area contributed by atoms with E-state index in [0.717, 1.165) is 19.0 Å². The molecular weight excluding hydrogens is 234 g/mol. The van der Waals surface area contributed by atoms with Gasteiger partial charge in [0.05, 0.1) is 0 Å². The van der Waals surface area contributed by atoms with Crippen LogP contribution in [0.2, 0.25) is 0 Å². The predicted octanol–water partition coefficient (Wildman–Crippen LogP) is 2.68. The summed E-state index contributed by atoms with van der Waals surface area (Å²) in [4.78, 5) is 5.10. The van der Waals surface area contributed by atoms with Crippen molar-refractivity contribution in [2.45, 2.75) is 47.5 Å². The van der Waals surface area contributed by atoms with Crippen molar-refractivity contribution in [2.24, 2.45) is 5.92 Å². The van der Waals surface area contributed by atoms with Gasteiger partial charge in [-0.25, -0.2) is 0 Å². The molecule has 0 saturated heterocycles. The molecule has 3 heteroatoms. The molecule has 0 heterocycles. The van der Waals surface area contributed by atoms with Gasteiger partial charge < -0.3 is 15.1 Å². The summed E-state index contributed by atoms with van der Waals surface area (Å²) in [7, 11) is 0. The van der Waals surface area contributed by atoms with E-state index >= 15 is 0 Å². The van der Waals surface area contributed by atoms with Gasteiger partial charge in [0.25, 0.3) is 0 Å². The molecule has 1 N–H and O–H groups in total. The van der Waals surface area contributed by atoms with Crippen molar-refractivity contribution in [2.75, 3.05) is 52.4 Å². The van der Waals surface area contributed by atoms with Crippen LogP contribution < -0.4 is 5.32 Å². The Morgan fingerprint density at radius 3 is 1.84 bits per heavy atom. The van der Waals surface area contributed by atoms with Crippen LogP contribution in [0.1, 0.15) is 47.5 Å². The van der Waals surface area contributed by atoms with E-state index in [9.17, 15) is 0 Å². The Kier molecular flexibility index (Phi) is 12.8. The molecule has 0 rings (SSSR count). The number of nitrogens with zero attached hydrogens (tertiary/aromatic N) is 2. The second-order valence-electron chi connectivity index (χ2n) is 5.77. The lowest BCUT2D eigenvalue weighted by molar-refractivity contribution is 0.241. The molecule has 0 radical (unpaired) electrons. The van der Waals surface area contributed by atoms with Crippen molar-refractivity contribution in [3.8, 4) is 0 Å². The van der Waals surface area contributed by atoms with Gasteiger partial charge in [-0.1, -0.05) is 34.6 Å². The Bertz CT molecular complexity index is 179. The molecule has 0 spiro atoms. The third-order valence-electron chi connectivity index (χ3n) is 3.67. The van der Waals surface area contributed by atoms with Crippen LogP contribution >= 0.6 is 0 Å². The van der Waals surface area contributed by atoms with Crippen molar-refractivity contribution in [3.05, 3.63) is 0 Å². The van der Waals surface area contributed by atoms with Gasteiger partial charge in [0.2, 0.25) is 0 Å². The number of nitrogens with one attached hydrogen (secondary N) is 1. The van der Waals surface area contributed by atoms with Gasteiger partial charge >= 0.3 is 0 Å². The first-order valence-corrected chi connectivity index (χ1v) is 8.29. The van der Waals surface area contributed by atoms with Crippen LogP contribution in [0, 0.1) is 5.92 Å². The van der Waals surface area contributed by atoms with E-state index in [-0.39, 0.29) is 0 Å². The number of hydrogen-bond donors (Lipinski definition) is 1. The summed E-state index contributed by atoms with van der Waals surface area (Å²) in [6.07, 6.45) is 2.57. The fourth-order valence-electron chi connectivity index (χ4n) is 2.30. The molecule has 0 aliphatic carbocycles. The molecule has 0 atom stereocenters. The first kappa shape index (κ1) is 18.9. The smallest absolute Gasteiger partial charge is 0.000665 e. The van der Waals surface area contributed by atoms with E-state index in [2.05, 4.69) is 49.7 Å². The molecule has 0 bridgehead atoms. The van der Waals surface area contributed by atoms with Crippen molar-refractivity contribution in [1.82, 2.24) is 15.1 Å². The maximum atomic E-state index is 3.52. The highest BCUT2D eigenvalue weighted by Crippen LogP contribution is 1.97. The van der Waals surface area contributed by atoms with Gasteiger partial charge in [-0.05, 0) is 71.1 Å². The third kappa shape index (κ3) is 11.4. The molecule has 0 aliphatic heterocycles. The second kappa shape index (κ2) is 12.9. The molecule has 3 nitrogen and oxygen atoms in total. The fraction of sp³-hybridized carbons (Fsp3) is 1.00. The fourth-order valence-corrected chi connectivity index (χ4v) is 2.30. The van der Waals surface area contributed by atoms with Gasteiger partial charge in [-0.2, -0.15) is 0 Å². The largest absolute Gasteiger partial charge is 0.316 e. The lowest BCUT2D eigenvalue weighted by Crippen LogP contribution is -2.32. The minimum Gasteiger partial charge on any atom is -0.316 e. The zero-order valence-corrected chi connectivity index (χ0v) is 14.0. The molecular formula is C16H37N3. The molecule has 0 aromatic rings. The molecule has 0 saturated carbocycles. The lowest BCUT2D eigenvalue weighted by Gasteiger charge is -2.23. The minimum atomic E-state index is 0.761. The van der Waals surface area contributed by atoms with E-state index in [0.29, 0.717) is 0 Å². The summed E-state index contributed by atoms with van der Waals surface area (Å²) in [6.45, 7) is 20.9. The van der Waals surface area contributed by atoms with Gasteiger partial charge in [0, 0.05) is 0 Å². The lowest BCUT2D eigenvalue weighted by atomic mass is 10.2. The van der Waals surface area contributed by atoms with Crippen LogP contribution in [0.3, 0.4) is 0 Å². The van der Waals surface area contributed by atoms with Crippen molar-refractivity contribution in [3.63, 3.8) is 0 Å². The molecule has 19 heavy (non-hydrogen) atoms. The van der Waals surface area contributed by atoms with Gasteiger partial charge in [0.15, 0.2) is 0 Å². The van der Waals surface area contributed by atoms with Crippen LogP contribution in [0.4, 0.5) is 0 Å². The van der Waals surface area contributed by atoms with Gasteiger partial charge in [0.1, 0.15) is 0 Å². The summed E-state index contributed by atoms with van der Waals surface area (Å²) in [5.74, 6) is 0.761. The van der Waals surface area contributed by atoms with Crippen LogP contribution in [-0.2, 0) is 0 Å². The van der Waals surface area contributed by atoms with E-state index in [1.165, 1.54) is 52.1 Å². The Morgan fingerprint density at radius 2 is 1.32 bits per heavy atom. The number of hydrogen-bond acceptors (Lipinski definition) is 3. The maximum Gasteiger partial charge on any atom is -0.000665 e. The molecule has 0 fully saturated rings. The van der Waals surface area contributed by atoms with Gasteiger partial charge in [-0.15, -0.1) is 0 Å². The van der Waals surface area contributed by atoms with Crippen molar-refractivity contribution < 1.29 is 0 Å². The van der Waals surface area contributed by atoms with Crippen LogP contribution in [-0.4, -0.2) is 62.2 Å².